The summed E-state index contributed by atoms with van der Waals surface area (Å²) in [4.78, 5) is 0. The van der Waals surface area contributed by atoms with Gasteiger partial charge < -0.3 is 0 Å². The number of hydrogen-bond donors (Lipinski definition) is 0. The number of fused-ring (bicyclic) bond motifs is 3. The third-order valence-corrected chi connectivity index (χ3v) is 5.89. The van der Waals surface area contributed by atoms with Crippen molar-refractivity contribution in [3.05, 3.63) is 130 Å². The Hall–Kier alpha value is -3.12. The number of rotatable bonds is 3. The van der Waals surface area contributed by atoms with Crippen molar-refractivity contribution in [2.45, 2.75) is 26.2 Å². The highest BCUT2D eigenvalue weighted by atomic mass is 14.3. The summed E-state index contributed by atoms with van der Waals surface area (Å²) in [6, 6.07) is 33.7. The summed E-state index contributed by atoms with van der Waals surface area (Å²) in [5.74, 6) is 0.329. The lowest BCUT2D eigenvalue weighted by molar-refractivity contribution is 1.00. The zero-order chi connectivity index (χ0) is 19.1. The van der Waals surface area contributed by atoms with E-state index in [9.17, 15) is 0 Å². The van der Waals surface area contributed by atoms with Gasteiger partial charge in [-0.15, -0.1) is 0 Å². The third kappa shape index (κ3) is 2.96. The van der Waals surface area contributed by atoms with Crippen molar-refractivity contribution >= 4 is 0 Å². The van der Waals surface area contributed by atoms with Crippen molar-refractivity contribution in [1.82, 2.24) is 0 Å². The van der Waals surface area contributed by atoms with E-state index in [1.165, 1.54) is 50.1 Å². The van der Waals surface area contributed by atoms with Crippen molar-refractivity contribution in [2.24, 2.45) is 0 Å². The molecule has 0 aromatic heterocycles. The predicted octanol–water partition coefficient (Wildman–Crippen LogP) is 7.05. The fraction of sp³-hybridized carbons (Fsp3) is 0.143. The summed E-state index contributed by atoms with van der Waals surface area (Å²) in [7, 11) is 0. The standard InChI is InChI=1S/C28H24/c1-19-8-14-24-25-15-9-20(2)17-27(25)28(26(24)16-19)23-12-10-22(11-13-23)18-21-6-4-3-5-7-21/h3-17,28H,18H2,1-2H3. The normalized spacial score (nSPS) is 12.6. The highest BCUT2D eigenvalue weighted by Gasteiger charge is 2.29. The summed E-state index contributed by atoms with van der Waals surface area (Å²) in [6.45, 7) is 4.38. The molecule has 0 fully saturated rings. The monoisotopic (exact) mass is 360 g/mol. The van der Waals surface area contributed by atoms with Crippen molar-refractivity contribution in [2.75, 3.05) is 0 Å². The highest BCUT2D eigenvalue weighted by Crippen LogP contribution is 2.48. The van der Waals surface area contributed by atoms with Gasteiger partial charge in [0.2, 0.25) is 0 Å². The Balaban J connectivity index is 1.55. The van der Waals surface area contributed by atoms with E-state index in [0.717, 1.165) is 6.42 Å². The molecule has 0 amide bonds. The lowest BCUT2D eigenvalue weighted by atomic mass is 9.87. The average molecular weight is 361 g/mol. The van der Waals surface area contributed by atoms with Gasteiger partial charge in [-0.3, -0.25) is 0 Å². The Morgan fingerprint density at radius 3 is 1.68 bits per heavy atom. The Labute approximate surface area is 167 Å². The Morgan fingerprint density at radius 1 is 0.571 bits per heavy atom. The summed E-state index contributed by atoms with van der Waals surface area (Å²) in [5.41, 5.74) is 12.4. The largest absolute Gasteiger partial charge is 0.0622 e. The van der Waals surface area contributed by atoms with Gasteiger partial charge in [-0.25, -0.2) is 0 Å². The highest BCUT2D eigenvalue weighted by molar-refractivity contribution is 5.81. The molecule has 0 aliphatic heterocycles. The second kappa shape index (κ2) is 6.80. The molecule has 0 saturated carbocycles. The SMILES string of the molecule is Cc1ccc2c(c1)C(c1ccc(Cc3ccccc3)cc1)c1cc(C)ccc1-2. The van der Waals surface area contributed by atoms with E-state index in [2.05, 4.69) is 105 Å². The fourth-order valence-corrected chi connectivity index (χ4v) is 4.52. The molecule has 1 aliphatic rings. The molecule has 136 valence electrons. The molecular formula is C28H24. The van der Waals surface area contributed by atoms with E-state index in [4.69, 9.17) is 0 Å². The van der Waals surface area contributed by atoms with Crippen LogP contribution in [0.4, 0.5) is 0 Å². The van der Waals surface area contributed by atoms with Crippen LogP contribution in [0, 0.1) is 13.8 Å². The first-order chi connectivity index (χ1) is 13.7. The zero-order valence-electron chi connectivity index (χ0n) is 16.4. The number of aryl methyl sites for hydroxylation is 2. The first-order valence-electron chi connectivity index (χ1n) is 10.0. The van der Waals surface area contributed by atoms with E-state index in [-0.39, 0.29) is 0 Å². The van der Waals surface area contributed by atoms with Gasteiger partial charge in [0, 0.05) is 5.92 Å². The molecule has 0 heterocycles. The minimum atomic E-state index is 0.329. The van der Waals surface area contributed by atoms with Crippen molar-refractivity contribution < 1.29 is 0 Å². The van der Waals surface area contributed by atoms with Crippen LogP contribution >= 0.6 is 0 Å². The minimum absolute atomic E-state index is 0.329. The van der Waals surface area contributed by atoms with Crippen LogP contribution in [0.1, 0.15) is 44.9 Å². The molecule has 4 aromatic carbocycles. The van der Waals surface area contributed by atoms with Gasteiger partial charge >= 0.3 is 0 Å². The molecule has 5 rings (SSSR count). The second-order valence-electron chi connectivity index (χ2n) is 8.02. The first kappa shape index (κ1) is 17.0. The molecule has 1 aliphatic carbocycles. The minimum Gasteiger partial charge on any atom is -0.0622 e. The average Bonchev–Trinajstić information content (AvgIpc) is 3.02. The number of benzene rings is 4. The maximum atomic E-state index is 2.37. The van der Waals surface area contributed by atoms with Crippen molar-refractivity contribution in [3.63, 3.8) is 0 Å². The van der Waals surface area contributed by atoms with Crippen LogP contribution in [-0.4, -0.2) is 0 Å². The Kier molecular flexibility index (Phi) is 4.13. The molecule has 0 heteroatoms. The molecule has 4 aromatic rings. The molecule has 0 N–H and O–H groups in total. The summed E-state index contributed by atoms with van der Waals surface area (Å²) in [5, 5.41) is 0. The summed E-state index contributed by atoms with van der Waals surface area (Å²) in [6.07, 6.45) is 0.983. The summed E-state index contributed by atoms with van der Waals surface area (Å²) < 4.78 is 0. The lowest BCUT2D eigenvalue weighted by Crippen LogP contribution is -2.00. The predicted molar refractivity (Wildman–Crippen MR) is 118 cm³/mol. The van der Waals surface area contributed by atoms with Gasteiger partial charge in [-0.05, 0) is 59.2 Å². The van der Waals surface area contributed by atoms with Gasteiger partial charge in [-0.2, -0.15) is 0 Å². The van der Waals surface area contributed by atoms with Crippen LogP contribution in [0.5, 0.6) is 0 Å². The maximum Gasteiger partial charge on any atom is 0.0352 e. The van der Waals surface area contributed by atoms with E-state index in [1.807, 2.05) is 0 Å². The van der Waals surface area contributed by atoms with Gasteiger partial charge in [0.05, 0.1) is 0 Å². The molecule has 0 unspecified atom stereocenters. The van der Waals surface area contributed by atoms with Crippen molar-refractivity contribution in [1.29, 1.82) is 0 Å². The Bertz CT molecular complexity index is 1080. The quantitative estimate of drug-likeness (QED) is 0.323. The molecule has 0 spiro atoms. The molecular weight excluding hydrogens is 336 g/mol. The maximum absolute atomic E-state index is 2.37. The topological polar surface area (TPSA) is 0 Å². The first-order valence-corrected chi connectivity index (χ1v) is 10.0. The van der Waals surface area contributed by atoms with Crippen LogP contribution in [-0.2, 0) is 6.42 Å². The Morgan fingerprint density at radius 2 is 1.11 bits per heavy atom. The molecule has 0 bridgehead atoms. The fourth-order valence-electron chi connectivity index (χ4n) is 4.52. The molecule has 0 radical (unpaired) electrons. The smallest absolute Gasteiger partial charge is 0.0352 e. The van der Waals surface area contributed by atoms with E-state index < -0.39 is 0 Å². The van der Waals surface area contributed by atoms with Gasteiger partial charge in [0.25, 0.3) is 0 Å². The van der Waals surface area contributed by atoms with Crippen LogP contribution in [0.15, 0.2) is 91.0 Å². The van der Waals surface area contributed by atoms with Gasteiger partial charge in [0.15, 0.2) is 0 Å². The molecule has 0 atom stereocenters. The van der Waals surface area contributed by atoms with E-state index in [0.29, 0.717) is 5.92 Å². The van der Waals surface area contributed by atoms with Gasteiger partial charge in [-0.1, -0.05) is 102 Å². The van der Waals surface area contributed by atoms with Crippen LogP contribution in [0.3, 0.4) is 0 Å². The zero-order valence-corrected chi connectivity index (χ0v) is 16.4. The van der Waals surface area contributed by atoms with Gasteiger partial charge in [0.1, 0.15) is 0 Å². The molecule has 0 nitrogen and oxygen atoms in total. The molecule has 28 heavy (non-hydrogen) atoms. The third-order valence-electron chi connectivity index (χ3n) is 5.89. The summed E-state index contributed by atoms with van der Waals surface area (Å²) >= 11 is 0. The number of hydrogen-bond acceptors (Lipinski definition) is 0. The van der Waals surface area contributed by atoms with E-state index >= 15 is 0 Å². The van der Waals surface area contributed by atoms with Crippen LogP contribution in [0.2, 0.25) is 0 Å². The second-order valence-corrected chi connectivity index (χ2v) is 8.02. The molecule has 0 saturated heterocycles. The lowest BCUT2D eigenvalue weighted by Gasteiger charge is -2.16. The van der Waals surface area contributed by atoms with Crippen molar-refractivity contribution in [3.8, 4) is 11.1 Å². The van der Waals surface area contributed by atoms with Crippen LogP contribution < -0.4 is 0 Å². The van der Waals surface area contributed by atoms with Crippen LogP contribution in [0.25, 0.3) is 11.1 Å². The van der Waals surface area contributed by atoms with E-state index in [1.54, 1.807) is 0 Å².